The van der Waals surface area contributed by atoms with E-state index in [4.69, 9.17) is 33.2 Å². The zero-order valence-electron chi connectivity index (χ0n) is 7.70. The summed E-state index contributed by atoms with van der Waals surface area (Å²) < 4.78 is 0. The summed E-state index contributed by atoms with van der Waals surface area (Å²) in [7, 11) is -0.954. The largest absolute Gasteiger partial charge is 0.344 e. The van der Waals surface area contributed by atoms with E-state index in [0.717, 1.165) is 0 Å². The van der Waals surface area contributed by atoms with E-state index in [1.807, 2.05) is 6.08 Å². The summed E-state index contributed by atoms with van der Waals surface area (Å²) in [5.41, 5.74) is 0. The molecule has 0 saturated carbocycles. The van der Waals surface area contributed by atoms with Crippen molar-refractivity contribution < 1.29 is 0 Å². The highest BCUT2D eigenvalue weighted by molar-refractivity contribution is 7.64. The van der Waals surface area contributed by atoms with Gasteiger partial charge in [-0.2, -0.15) is 0 Å². The lowest BCUT2D eigenvalue weighted by atomic mass is 10.6. The lowest BCUT2D eigenvalue weighted by molar-refractivity contribution is 1.48. The Morgan fingerprint density at radius 3 is 1.67 bits per heavy atom. The molecule has 0 heterocycles. The van der Waals surface area contributed by atoms with Crippen LogP contribution in [0.2, 0.25) is 31.7 Å². The van der Waals surface area contributed by atoms with Gasteiger partial charge in [0.1, 0.15) is 0 Å². The van der Waals surface area contributed by atoms with Crippen molar-refractivity contribution in [2.75, 3.05) is 0 Å². The molecule has 0 aromatic rings. The van der Waals surface area contributed by atoms with Crippen LogP contribution in [0.3, 0.4) is 0 Å². The summed E-state index contributed by atoms with van der Waals surface area (Å²) >= 11 is 17.1. The van der Waals surface area contributed by atoms with Crippen molar-refractivity contribution in [1.29, 1.82) is 0 Å². The first-order valence-corrected chi connectivity index (χ1v) is 12.9. The molecule has 0 fully saturated rings. The van der Waals surface area contributed by atoms with Crippen LogP contribution in [0.4, 0.5) is 0 Å². The quantitative estimate of drug-likeness (QED) is 0.396. The van der Waals surface area contributed by atoms with Crippen molar-refractivity contribution in [2.45, 2.75) is 31.7 Å². The first-order valence-electron chi connectivity index (χ1n) is 3.92. The Morgan fingerprint density at radius 1 is 0.917 bits per heavy atom. The smallest absolute Gasteiger partial charge is 0.126 e. The molecule has 0 unspecified atom stereocenters. The second-order valence-corrected chi connectivity index (χ2v) is 18.8. The molecule has 12 heavy (non-hydrogen) atoms. The highest BCUT2D eigenvalue weighted by Crippen LogP contribution is 2.25. The predicted molar refractivity (Wildman–Crippen MR) is 65.4 cm³/mol. The molecule has 0 bridgehead atoms. The number of hydrogen-bond acceptors (Lipinski definition) is 0. The SMILES string of the molecule is C[Si](C)(C)C/C=C/C[Si](Cl)(Cl)Cl. The Hall–Kier alpha value is 1.04. The molecule has 0 aliphatic heterocycles. The summed E-state index contributed by atoms with van der Waals surface area (Å²) in [5, 5.41) is 0. The highest BCUT2D eigenvalue weighted by Gasteiger charge is 2.22. The van der Waals surface area contributed by atoms with Crippen LogP contribution in [0, 0.1) is 0 Å². The average Bonchev–Trinajstić information content (AvgIpc) is 1.76. The zero-order valence-corrected chi connectivity index (χ0v) is 12.0. The third-order valence-corrected chi connectivity index (χ3v) is 4.79. The van der Waals surface area contributed by atoms with Gasteiger partial charge in [-0.05, 0) is 6.04 Å². The Labute approximate surface area is 91.0 Å². The van der Waals surface area contributed by atoms with E-state index in [1.165, 1.54) is 6.04 Å². The van der Waals surface area contributed by atoms with Crippen molar-refractivity contribution in [1.82, 2.24) is 0 Å². The van der Waals surface area contributed by atoms with E-state index < -0.39 is 14.1 Å². The molecule has 0 saturated heterocycles. The Kier molecular flexibility index (Phi) is 5.50. The third kappa shape index (κ3) is 11.0. The second-order valence-electron chi connectivity index (χ2n) is 4.06. The second kappa shape index (κ2) is 5.06. The van der Waals surface area contributed by atoms with Gasteiger partial charge in [0.25, 0.3) is 0 Å². The molecule has 0 rings (SSSR count). The van der Waals surface area contributed by atoms with Crippen molar-refractivity contribution >= 4 is 47.3 Å². The maximum absolute atomic E-state index is 5.71. The molecule has 72 valence electrons. The van der Waals surface area contributed by atoms with Crippen LogP contribution in [0.5, 0.6) is 0 Å². The molecule has 5 heteroatoms. The average molecular weight is 262 g/mol. The standard InChI is InChI=1S/C7H15Cl3Si2/c1-11(2,3)6-4-5-7-12(8,9)10/h4-5H,6-7H2,1-3H3/b5-4+. The molecule has 0 spiro atoms. The van der Waals surface area contributed by atoms with Crippen molar-refractivity contribution in [2.24, 2.45) is 0 Å². The zero-order chi connectivity index (χ0) is 9.83. The monoisotopic (exact) mass is 260 g/mol. The number of hydrogen-bond donors (Lipinski definition) is 0. The van der Waals surface area contributed by atoms with Crippen LogP contribution < -0.4 is 0 Å². The Bertz CT molecular complexity index is 137. The Morgan fingerprint density at radius 2 is 1.33 bits per heavy atom. The van der Waals surface area contributed by atoms with Gasteiger partial charge in [0.15, 0.2) is 0 Å². The fourth-order valence-corrected chi connectivity index (χ4v) is 2.76. The van der Waals surface area contributed by atoms with E-state index in [-0.39, 0.29) is 0 Å². The third-order valence-electron chi connectivity index (χ3n) is 1.25. The van der Waals surface area contributed by atoms with Gasteiger partial charge in [-0.15, -0.1) is 33.2 Å². The van der Waals surface area contributed by atoms with Crippen LogP contribution in [-0.2, 0) is 0 Å². The van der Waals surface area contributed by atoms with Gasteiger partial charge in [0, 0.05) is 14.1 Å². The summed E-state index contributed by atoms with van der Waals surface area (Å²) in [4.78, 5) is 0. The van der Waals surface area contributed by atoms with E-state index in [1.54, 1.807) is 0 Å². The number of rotatable bonds is 4. The molecular formula is C7H15Cl3Si2. The molecular weight excluding hydrogens is 247 g/mol. The fraction of sp³-hybridized carbons (Fsp3) is 0.714. The van der Waals surface area contributed by atoms with Crippen molar-refractivity contribution in [3.63, 3.8) is 0 Å². The molecule has 0 aromatic carbocycles. The number of halogens is 3. The predicted octanol–water partition coefficient (Wildman–Crippen LogP) is 4.54. The minimum Gasteiger partial charge on any atom is -0.126 e. The lowest BCUT2D eigenvalue weighted by Gasteiger charge is -2.11. The molecule has 0 aliphatic carbocycles. The normalized spacial score (nSPS) is 14.2. The van der Waals surface area contributed by atoms with Crippen molar-refractivity contribution in [3.05, 3.63) is 12.2 Å². The van der Waals surface area contributed by atoms with Gasteiger partial charge in [-0.1, -0.05) is 31.8 Å². The molecule has 0 radical (unpaired) electrons. The molecule has 0 amide bonds. The van der Waals surface area contributed by atoms with Crippen molar-refractivity contribution in [3.8, 4) is 0 Å². The van der Waals surface area contributed by atoms with E-state index >= 15 is 0 Å². The van der Waals surface area contributed by atoms with Gasteiger partial charge in [0.05, 0.1) is 0 Å². The van der Waals surface area contributed by atoms with E-state index in [0.29, 0.717) is 6.04 Å². The Balaban J connectivity index is 3.66. The molecule has 0 aromatic heterocycles. The minimum absolute atomic E-state index is 0.641. The summed E-state index contributed by atoms with van der Waals surface area (Å²) in [6.45, 7) is 6.97. The molecule has 0 nitrogen and oxygen atoms in total. The van der Waals surface area contributed by atoms with Crippen LogP contribution in [0.15, 0.2) is 12.2 Å². The maximum atomic E-state index is 5.71. The van der Waals surface area contributed by atoms with Gasteiger partial charge in [0.2, 0.25) is 0 Å². The first kappa shape index (κ1) is 13.0. The van der Waals surface area contributed by atoms with Crippen LogP contribution in [0.1, 0.15) is 0 Å². The lowest BCUT2D eigenvalue weighted by Crippen LogP contribution is -2.17. The summed E-state index contributed by atoms with van der Waals surface area (Å²) in [6, 6.07) is -0.598. The fourth-order valence-electron chi connectivity index (χ4n) is 0.654. The molecule has 0 aliphatic rings. The highest BCUT2D eigenvalue weighted by atomic mass is 35.8. The van der Waals surface area contributed by atoms with Gasteiger partial charge in [-0.3, -0.25) is 0 Å². The summed E-state index contributed by atoms with van der Waals surface area (Å²) in [5.74, 6) is 0. The minimum atomic E-state index is -2.41. The van der Waals surface area contributed by atoms with Crippen LogP contribution in [-0.4, -0.2) is 14.1 Å². The first-order chi connectivity index (χ1) is 5.21. The van der Waals surface area contributed by atoms with E-state index in [2.05, 4.69) is 25.7 Å². The molecule has 0 N–H and O–H groups in total. The molecule has 0 atom stereocenters. The topological polar surface area (TPSA) is 0 Å². The summed E-state index contributed by atoms with van der Waals surface area (Å²) in [6.07, 6.45) is 4.17. The maximum Gasteiger partial charge on any atom is 0.344 e. The van der Waals surface area contributed by atoms with Crippen LogP contribution in [0.25, 0.3) is 0 Å². The van der Waals surface area contributed by atoms with E-state index in [9.17, 15) is 0 Å². The van der Waals surface area contributed by atoms with Gasteiger partial charge in [-0.25, -0.2) is 0 Å². The number of allylic oxidation sites excluding steroid dienone is 2. The van der Waals surface area contributed by atoms with Gasteiger partial charge >= 0.3 is 6.00 Å². The van der Waals surface area contributed by atoms with Crippen LogP contribution >= 0.6 is 33.2 Å². The van der Waals surface area contributed by atoms with Gasteiger partial charge < -0.3 is 0 Å².